The Labute approximate surface area is 115 Å². The number of methoxy groups -OCH3 is 1. The van der Waals surface area contributed by atoms with Gasteiger partial charge in [-0.2, -0.15) is 0 Å². The van der Waals surface area contributed by atoms with Gasteiger partial charge in [0.1, 0.15) is 6.61 Å². The fourth-order valence-corrected chi connectivity index (χ4v) is 1.59. The number of rotatable bonds is 7. The second kappa shape index (κ2) is 6.78. The molecule has 0 heterocycles. The second-order valence-corrected chi connectivity index (χ2v) is 5.59. The van der Waals surface area contributed by atoms with E-state index in [9.17, 15) is 5.11 Å². The SMILES string of the molecule is COc1cccc(CNC(C)C)c1OCC(C)(C)O. The van der Waals surface area contributed by atoms with Gasteiger partial charge in [0.25, 0.3) is 0 Å². The molecule has 1 rings (SSSR count). The average Bonchev–Trinajstić information content (AvgIpc) is 2.32. The summed E-state index contributed by atoms with van der Waals surface area (Å²) in [6, 6.07) is 6.19. The topological polar surface area (TPSA) is 50.7 Å². The van der Waals surface area contributed by atoms with Crippen LogP contribution in [0.3, 0.4) is 0 Å². The number of hydrogen-bond acceptors (Lipinski definition) is 4. The van der Waals surface area contributed by atoms with E-state index in [-0.39, 0.29) is 6.61 Å². The molecule has 2 N–H and O–H groups in total. The zero-order valence-electron chi connectivity index (χ0n) is 12.5. The Kier molecular flexibility index (Phi) is 5.63. The molecule has 0 saturated heterocycles. The molecule has 1 aromatic rings. The molecule has 0 amide bonds. The average molecular weight is 267 g/mol. The lowest BCUT2D eigenvalue weighted by atomic mass is 10.1. The Morgan fingerprint density at radius 2 is 2.00 bits per heavy atom. The van der Waals surface area contributed by atoms with Crippen molar-refractivity contribution >= 4 is 0 Å². The minimum Gasteiger partial charge on any atom is -0.493 e. The molecule has 0 radical (unpaired) electrons. The molecule has 0 bridgehead atoms. The number of para-hydroxylation sites is 1. The monoisotopic (exact) mass is 267 g/mol. The fourth-order valence-electron chi connectivity index (χ4n) is 1.59. The van der Waals surface area contributed by atoms with Crippen molar-refractivity contribution in [2.24, 2.45) is 0 Å². The summed E-state index contributed by atoms with van der Waals surface area (Å²) in [6.07, 6.45) is 0. The van der Waals surface area contributed by atoms with Crippen LogP contribution >= 0.6 is 0 Å². The third kappa shape index (κ3) is 5.49. The van der Waals surface area contributed by atoms with E-state index in [0.29, 0.717) is 24.1 Å². The molecule has 108 valence electrons. The zero-order valence-corrected chi connectivity index (χ0v) is 12.5. The van der Waals surface area contributed by atoms with Crippen LogP contribution in [0.5, 0.6) is 11.5 Å². The summed E-state index contributed by atoms with van der Waals surface area (Å²) in [5.74, 6) is 1.38. The van der Waals surface area contributed by atoms with E-state index in [0.717, 1.165) is 5.56 Å². The summed E-state index contributed by atoms with van der Waals surface area (Å²) >= 11 is 0. The molecular weight excluding hydrogens is 242 g/mol. The maximum atomic E-state index is 9.77. The molecular formula is C15H25NO3. The Balaban J connectivity index is 2.89. The molecule has 0 aliphatic heterocycles. The van der Waals surface area contributed by atoms with Crippen molar-refractivity contribution in [2.45, 2.75) is 45.9 Å². The minimum absolute atomic E-state index is 0.224. The van der Waals surface area contributed by atoms with Gasteiger partial charge >= 0.3 is 0 Å². The zero-order chi connectivity index (χ0) is 14.5. The lowest BCUT2D eigenvalue weighted by molar-refractivity contribution is 0.0272. The lowest BCUT2D eigenvalue weighted by Crippen LogP contribution is -2.28. The van der Waals surface area contributed by atoms with Gasteiger partial charge in [-0.1, -0.05) is 26.0 Å². The maximum absolute atomic E-state index is 9.77. The molecule has 4 heteroatoms. The highest BCUT2D eigenvalue weighted by Crippen LogP contribution is 2.31. The van der Waals surface area contributed by atoms with E-state index in [4.69, 9.17) is 9.47 Å². The van der Waals surface area contributed by atoms with Crippen LogP contribution in [0.1, 0.15) is 33.3 Å². The van der Waals surface area contributed by atoms with Crippen LogP contribution < -0.4 is 14.8 Å². The molecule has 4 nitrogen and oxygen atoms in total. The molecule has 0 spiro atoms. The first-order valence-electron chi connectivity index (χ1n) is 6.58. The van der Waals surface area contributed by atoms with Crippen LogP contribution in [0.25, 0.3) is 0 Å². The predicted molar refractivity (Wildman–Crippen MR) is 76.8 cm³/mol. The van der Waals surface area contributed by atoms with Crippen molar-refractivity contribution < 1.29 is 14.6 Å². The first kappa shape index (κ1) is 15.8. The van der Waals surface area contributed by atoms with Crippen LogP contribution in [-0.2, 0) is 6.54 Å². The van der Waals surface area contributed by atoms with Gasteiger partial charge in [0.15, 0.2) is 11.5 Å². The van der Waals surface area contributed by atoms with Crippen molar-refractivity contribution in [1.82, 2.24) is 5.32 Å². The van der Waals surface area contributed by atoms with Crippen LogP contribution in [0.15, 0.2) is 18.2 Å². The number of aliphatic hydroxyl groups is 1. The Hall–Kier alpha value is -1.26. The van der Waals surface area contributed by atoms with Gasteiger partial charge < -0.3 is 19.9 Å². The molecule has 0 saturated carbocycles. The first-order chi connectivity index (χ1) is 8.83. The molecule has 19 heavy (non-hydrogen) atoms. The summed E-state index contributed by atoms with van der Waals surface area (Å²) in [6.45, 7) is 8.55. The molecule has 0 aliphatic rings. The number of ether oxygens (including phenoxy) is 2. The molecule has 1 aromatic carbocycles. The van der Waals surface area contributed by atoms with Crippen LogP contribution in [0.2, 0.25) is 0 Å². The van der Waals surface area contributed by atoms with Crippen LogP contribution in [0.4, 0.5) is 0 Å². The summed E-state index contributed by atoms with van der Waals surface area (Å²) in [5, 5.41) is 13.1. The Bertz CT molecular complexity index is 397. The smallest absolute Gasteiger partial charge is 0.165 e. The standard InChI is InChI=1S/C15H25NO3/c1-11(2)16-9-12-7-6-8-13(18-5)14(12)19-10-15(3,4)17/h6-8,11,16-17H,9-10H2,1-5H3. The predicted octanol–water partition coefficient (Wildman–Crippen LogP) is 2.34. The van der Waals surface area contributed by atoms with Crippen molar-refractivity contribution in [3.63, 3.8) is 0 Å². The molecule has 0 aromatic heterocycles. The first-order valence-corrected chi connectivity index (χ1v) is 6.58. The highest BCUT2D eigenvalue weighted by molar-refractivity contribution is 5.46. The van der Waals surface area contributed by atoms with E-state index < -0.39 is 5.60 Å². The molecule has 0 unspecified atom stereocenters. The summed E-state index contributed by atoms with van der Waals surface area (Å²) in [4.78, 5) is 0. The van der Waals surface area contributed by atoms with Crippen LogP contribution in [-0.4, -0.2) is 30.5 Å². The van der Waals surface area contributed by atoms with Gasteiger partial charge in [-0.3, -0.25) is 0 Å². The highest BCUT2D eigenvalue weighted by Gasteiger charge is 2.17. The molecule has 0 aliphatic carbocycles. The van der Waals surface area contributed by atoms with Crippen LogP contribution in [0, 0.1) is 0 Å². The molecule has 0 atom stereocenters. The summed E-state index contributed by atoms with van der Waals surface area (Å²) in [5.41, 5.74) is 0.154. The largest absolute Gasteiger partial charge is 0.493 e. The van der Waals surface area contributed by atoms with E-state index >= 15 is 0 Å². The van der Waals surface area contributed by atoms with E-state index in [1.807, 2.05) is 18.2 Å². The number of benzene rings is 1. The second-order valence-electron chi connectivity index (χ2n) is 5.59. The van der Waals surface area contributed by atoms with Crippen molar-refractivity contribution in [3.8, 4) is 11.5 Å². The van der Waals surface area contributed by atoms with Crippen molar-refractivity contribution in [1.29, 1.82) is 0 Å². The van der Waals surface area contributed by atoms with E-state index in [1.54, 1.807) is 21.0 Å². The van der Waals surface area contributed by atoms with E-state index in [2.05, 4.69) is 19.2 Å². The lowest BCUT2D eigenvalue weighted by Gasteiger charge is -2.21. The summed E-state index contributed by atoms with van der Waals surface area (Å²) in [7, 11) is 1.62. The number of nitrogens with one attached hydrogen (secondary N) is 1. The van der Waals surface area contributed by atoms with Gasteiger partial charge in [-0.15, -0.1) is 0 Å². The van der Waals surface area contributed by atoms with Gasteiger partial charge in [-0.25, -0.2) is 0 Å². The summed E-state index contributed by atoms with van der Waals surface area (Å²) < 4.78 is 11.1. The van der Waals surface area contributed by atoms with E-state index in [1.165, 1.54) is 0 Å². The quantitative estimate of drug-likeness (QED) is 0.796. The third-order valence-electron chi connectivity index (χ3n) is 2.55. The van der Waals surface area contributed by atoms with Crippen molar-refractivity contribution in [2.75, 3.05) is 13.7 Å². The van der Waals surface area contributed by atoms with Gasteiger partial charge in [-0.05, 0) is 19.9 Å². The maximum Gasteiger partial charge on any atom is 0.165 e. The highest BCUT2D eigenvalue weighted by atomic mass is 16.5. The minimum atomic E-state index is -0.871. The third-order valence-corrected chi connectivity index (χ3v) is 2.55. The van der Waals surface area contributed by atoms with Gasteiger partial charge in [0, 0.05) is 18.2 Å². The Morgan fingerprint density at radius 1 is 1.32 bits per heavy atom. The number of hydrogen-bond donors (Lipinski definition) is 2. The van der Waals surface area contributed by atoms with Gasteiger partial charge in [0.05, 0.1) is 12.7 Å². The van der Waals surface area contributed by atoms with Crippen molar-refractivity contribution in [3.05, 3.63) is 23.8 Å². The fraction of sp³-hybridized carbons (Fsp3) is 0.600. The Morgan fingerprint density at radius 3 is 2.53 bits per heavy atom. The van der Waals surface area contributed by atoms with Gasteiger partial charge in [0.2, 0.25) is 0 Å². The normalized spacial score (nSPS) is 11.7. The molecule has 0 fully saturated rings.